The summed E-state index contributed by atoms with van der Waals surface area (Å²) in [4.78, 5) is 0. The first-order valence-electron chi connectivity index (χ1n) is 37.1. The highest BCUT2D eigenvalue weighted by Crippen LogP contribution is 2.52. The van der Waals surface area contributed by atoms with Crippen molar-refractivity contribution in [1.29, 1.82) is 0 Å². The number of nitrogens with zero attached hydrogens (tertiary/aromatic N) is 1. The van der Waals surface area contributed by atoms with Crippen molar-refractivity contribution >= 4 is 112 Å². The molecule has 3 heterocycles. The van der Waals surface area contributed by atoms with Gasteiger partial charge >= 0.3 is 0 Å². The van der Waals surface area contributed by atoms with Gasteiger partial charge < -0.3 is 4.57 Å². The van der Waals surface area contributed by atoms with Gasteiger partial charge in [-0.15, -0.1) is 22.7 Å². The monoisotopic (exact) mass is 1390 g/mol. The molecule has 1 nitrogen and oxygen atoms in total. The fourth-order valence-corrected chi connectivity index (χ4v) is 19.8. The Bertz CT molecular complexity index is 6980. The third-order valence-electron chi connectivity index (χ3n) is 22.1. The van der Waals surface area contributed by atoms with Gasteiger partial charge in [0, 0.05) is 79.1 Å². The van der Waals surface area contributed by atoms with Gasteiger partial charge in [-0.25, -0.2) is 0 Å². The highest BCUT2D eigenvalue weighted by Gasteiger charge is 2.25. The van der Waals surface area contributed by atoms with Crippen LogP contribution < -0.4 is 0 Å². The van der Waals surface area contributed by atoms with E-state index in [2.05, 4.69) is 387 Å². The Morgan fingerprint density at radius 1 is 0.206 bits per heavy atom. The number of fused-ring (bicyclic) bond motifs is 11. The topological polar surface area (TPSA) is 4.93 Å². The molecule has 107 heavy (non-hydrogen) atoms. The van der Waals surface area contributed by atoms with Gasteiger partial charge in [0.25, 0.3) is 0 Å². The summed E-state index contributed by atoms with van der Waals surface area (Å²) < 4.78 is 7.67. The average Bonchev–Trinajstić information content (AvgIpc) is 1.58. The van der Waals surface area contributed by atoms with Gasteiger partial charge in [-0.2, -0.15) is 0 Å². The molecule has 0 atom stereocenters. The summed E-state index contributed by atoms with van der Waals surface area (Å²) in [6, 6.07) is 136. The molecule has 17 aromatic carbocycles. The number of hydrogen-bond acceptors (Lipinski definition) is 2. The van der Waals surface area contributed by atoms with Crippen molar-refractivity contribution in [2.75, 3.05) is 0 Å². The summed E-state index contributed by atoms with van der Waals surface area (Å²) in [6.07, 6.45) is 9.19. The van der Waals surface area contributed by atoms with Gasteiger partial charge in [0.2, 0.25) is 0 Å². The van der Waals surface area contributed by atoms with Gasteiger partial charge in [-0.3, -0.25) is 0 Å². The van der Waals surface area contributed by atoms with Crippen LogP contribution in [0.15, 0.2) is 382 Å². The summed E-state index contributed by atoms with van der Waals surface area (Å²) in [7, 11) is 0. The van der Waals surface area contributed by atoms with Crippen LogP contribution in [0.1, 0.15) is 18.4 Å². The molecule has 0 aliphatic heterocycles. The van der Waals surface area contributed by atoms with Gasteiger partial charge in [0.1, 0.15) is 0 Å². The van der Waals surface area contributed by atoms with Crippen molar-refractivity contribution in [3.05, 3.63) is 388 Å². The summed E-state index contributed by atoms with van der Waals surface area (Å²) >= 11 is 3.86. The molecule has 0 radical (unpaired) electrons. The molecule has 1 aliphatic carbocycles. The first kappa shape index (κ1) is 62.5. The Hall–Kier alpha value is -13.0. The lowest BCUT2D eigenvalue weighted by molar-refractivity contribution is 1.04. The molecule has 1 aliphatic rings. The van der Waals surface area contributed by atoms with E-state index in [1.54, 1.807) is 0 Å². The van der Waals surface area contributed by atoms with Gasteiger partial charge in [0.05, 0.1) is 11.0 Å². The predicted molar refractivity (Wildman–Crippen MR) is 462 cm³/mol. The molecule has 500 valence electrons. The predicted octanol–water partition coefficient (Wildman–Crippen LogP) is 30.2. The number of hydrogen-bond donors (Lipinski definition) is 0. The van der Waals surface area contributed by atoms with Crippen LogP contribution in [0.2, 0.25) is 0 Å². The van der Waals surface area contributed by atoms with Crippen molar-refractivity contribution in [3.63, 3.8) is 0 Å². The van der Waals surface area contributed by atoms with E-state index in [0.29, 0.717) is 0 Å². The van der Waals surface area contributed by atoms with E-state index in [0.717, 1.165) is 40.7 Å². The molecule has 21 rings (SSSR count). The molecule has 20 aromatic rings. The first-order chi connectivity index (χ1) is 53.0. The quantitative estimate of drug-likeness (QED) is 0.107. The van der Waals surface area contributed by atoms with E-state index < -0.39 is 0 Å². The Balaban J connectivity index is 0.818. The molecule has 0 bridgehead atoms. The van der Waals surface area contributed by atoms with E-state index >= 15 is 0 Å². The maximum atomic E-state index is 2.53. The van der Waals surface area contributed by atoms with Gasteiger partial charge in [-0.05, 0) is 226 Å². The van der Waals surface area contributed by atoms with E-state index in [9.17, 15) is 0 Å². The van der Waals surface area contributed by atoms with Crippen molar-refractivity contribution in [3.8, 4) is 117 Å². The lowest BCUT2D eigenvalue weighted by Gasteiger charge is -2.19. The van der Waals surface area contributed by atoms with E-state index in [1.165, 1.54) is 184 Å². The van der Waals surface area contributed by atoms with E-state index in [4.69, 9.17) is 0 Å². The standard InChI is InChI=1S/C104H67NS2/c1-9-28-66(29-10-1)78-58-86(70-36-17-5-18-37-70)101-93(62-78)95-64-80(68-32-13-3-14-33-68)60-88(103(95)106-101)76-49-52-97-90(56-76)91-57-77(89-61-81(69-34-15-4-16-35-69)65-96-94-63-79(67-30-11-2-12-31-67)59-87(102(94)107-104(89)96)71-38-19-6-20-39-71)50-53-98(91)105(97)82-45-27-44-74(54-82)75-48-51-85-92(55-75)100(73-42-23-8-24-43-73)84-47-26-25-46-83(84)99(85)72-40-21-7-22-41-72/h1-3,5-15,17-65H,4,16H2. The summed E-state index contributed by atoms with van der Waals surface area (Å²) in [5, 5.41) is 12.4. The van der Waals surface area contributed by atoms with Gasteiger partial charge in [-0.1, -0.05) is 291 Å². The third kappa shape index (κ3) is 10.8. The number of aromatic nitrogens is 1. The Morgan fingerprint density at radius 3 is 0.981 bits per heavy atom. The molecule has 0 unspecified atom stereocenters. The van der Waals surface area contributed by atoms with Crippen LogP contribution in [0.4, 0.5) is 0 Å². The van der Waals surface area contributed by atoms with Crippen LogP contribution >= 0.6 is 22.7 Å². The van der Waals surface area contributed by atoms with Crippen molar-refractivity contribution in [2.24, 2.45) is 0 Å². The number of allylic oxidation sites excluding steroid dienone is 4. The highest BCUT2D eigenvalue weighted by atomic mass is 32.1. The van der Waals surface area contributed by atoms with E-state index in [1.807, 2.05) is 22.7 Å². The molecule has 0 saturated carbocycles. The largest absolute Gasteiger partial charge is 0.309 e. The van der Waals surface area contributed by atoms with Crippen LogP contribution in [0.5, 0.6) is 0 Å². The molecular formula is C104H67NS2. The fraction of sp³-hybridized carbons (Fsp3) is 0.0192. The third-order valence-corrected chi connectivity index (χ3v) is 24.7. The minimum absolute atomic E-state index is 1.02. The molecular weight excluding hydrogens is 1330 g/mol. The van der Waals surface area contributed by atoms with Crippen molar-refractivity contribution in [1.82, 2.24) is 4.57 Å². The summed E-state index contributed by atoms with van der Waals surface area (Å²) in [6.45, 7) is 0. The zero-order valence-electron chi connectivity index (χ0n) is 58.6. The zero-order valence-corrected chi connectivity index (χ0v) is 60.2. The lowest BCUT2D eigenvalue weighted by atomic mass is 9.85. The zero-order chi connectivity index (χ0) is 70.5. The van der Waals surface area contributed by atoms with Crippen LogP contribution in [0, 0.1) is 0 Å². The maximum absolute atomic E-state index is 2.53. The summed E-state index contributed by atoms with van der Waals surface area (Å²) in [5.74, 6) is 0. The second-order valence-corrected chi connectivity index (χ2v) is 30.5. The normalized spacial score (nSPS) is 12.4. The van der Waals surface area contributed by atoms with Crippen LogP contribution in [0.25, 0.3) is 206 Å². The Morgan fingerprint density at radius 2 is 0.542 bits per heavy atom. The lowest BCUT2D eigenvalue weighted by Crippen LogP contribution is -1.95. The highest BCUT2D eigenvalue weighted by molar-refractivity contribution is 7.27. The Labute approximate surface area is 629 Å². The average molecular weight is 1390 g/mol. The minimum Gasteiger partial charge on any atom is -0.309 e. The second kappa shape index (κ2) is 26.0. The smallest absolute Gasteiger partial charge is 0.0541 e. The number of rotatable bonds is 12. The van der Waals surface area contributed by atoms with Crippen LogP contribution in [-0.2, 0) is 0 Å². The Kier molecular flexibility index (Phi) is 15.2. The maximum Gasteiger partial charge on any atom is 0.0541 e. The number of thiophene rings is 2. The molecule has 3 aromatic heterocycles. The number of benzene rings is 17. The fourth-order valence-electron chi connectivity index (χ4n) is 17.1. The van der Waals surface area contributed by atoms with Crippen molar-refractivity contribution in [2.45, 2.75) is 12.8 Å². The van der Waals surface area contributed by atoms with Crippen molar-refractivity contribution < 1.29 is 0 Å². The summed E-state index contributed by atoms with van der Waals surface area (Å²) in [5.41, 5.74) is 30.1. The minimum atomic E-state index is 1.02. The second-order valence-electron chi connectivity index (χ2n) is 28.4. The van der Waals surface area contributed by atoms with Crippen LogP contribution in [-0.4, -0.2) is 4.57 Å². The first-order valence-corrected chi connectivity index (χ1v) is 38.7. The van der Waals surface area contributed by atoms with Crippen LogP contribution in [0.3, 0.4) is 0 Å². The molecule has 0 spiro atoms. The molecule has 0 N–H and O–H groups in total. The van der Waals surface area contributed by atoms with E-state index in [-0.39, 0.29) is 0 Å². The molecule has 0 fully saturated rings. The van der Waals surface area contributed by atoms with Gasteiger partial charge in [0.15, 0.2) is 0 Å². The molecule has 0 amide bonds. The molecule has 3 heteroatoms. The SMILES string of the molecule is C1=CC(c2cc(-c3ccc4c(c3)c3cc(-c5cc(-c6ccccc6)cc6c5sc5c(-c7ccccc7)cc(-c7ccccc7)cc56)ccc3n4-c3cccc(-c4ccc5c(-c6ccccc6)c6ccccc6c(-c6ccccc6)c5c4)c3)c3sc4c(-c5ccccc5)cc(-c5ccccc5)cc4c3c2)=CCC1. The molecule has 0 saturated heterocycles.